The van der Waals surface area contributed by atoms with Gasteiger partial charge in [-0.15, -0.1) is 0 Å². The first-order valence-electron chi connectivity index (χ1n) is 8.38. The Bertz CT molecular complexity index is 1010. The average molecular weight is 365 g/mol. The lowest BCUT2D eigenvalue weighted by molar-refractivity contribution is -0.116. The van der Waals surface area contributed by atoms with E-state index in [0.717, 1.165) is 11.3 Å². The summed E-state index contributed by atoms with van der Waals surface area (Å²) < 4.78 is 19.6. The summed E-state index contributed by atoms with van der Waals surface area (Å²) in [6.45, 7) is 0. The summed E-state index contributed by atoms with van der Waals surface area (Å²) in [5.74, 6) is -0.542. The Balaban J connectivity index is 1.72. The number of hydrogen-bond acceptors (Lipinski definition) is 4. The summed E-state index contributed by atoms with van der Waals surface area (Å²) in [6.07, 6.45) is 1.87. The van der Waals surface area contributed by atoms with E-state index in [1.54, 1.807) is 47.3 Å². The molecule has 0 saturated carbocycles. The molecule has 1 aromatic heterocycles. The van der Waals surface area contributed by atoms with Crippen LogP contribution >= 0.6 is 0 Å². The quantitative estimate of drug-likeness (QED) is 0.723. The van der Waals surface area contributed by atoms with Crippen LogP contribution in [0.25, 0.3) is 5.69 Å². The van der Waals surface area contributed by atoms with Crippen LogP contribution in [0.2, 0.25) is 0 Å². The number of anilines is 1. The molecular weight excluding hydrogens is 349 g/mol. The minimum Gasteiger partial charge on any atom is -0.465 e. The molecule has 1 aliphatic heterocycles. The molecule has 0 spiro atoms. The van der Waals surface area contributed by atoms with Crippen molar-refractivity contribution in [2.24, 2.45) is 0 Å². The second-order valence-electron chi connectivity index (χ2n) is 6.24. The molecule has 1 N–H and O–H groups in total. The van der Waals surface area contributed by atoms with Crippen molar-refractivity contribution < 1.29 is 18.7 Å². The molecule has 0 unspecified atom stereocenters. The summed E-state index contributed by atoms with van der Waals surface area (Å²) in [7, 11) is 1.33. The zero-order chi connectivity index (χ0) is 19.0. The Morgan fingerprint density at radius 2 is 1.89 bits per heavy atom. The van der Waals surface area contributed by atoms with Gasteiger partial charge in [-0.2, -0.15) is 0 Å². The number of carbonyl (C=O) groups excluding carboxylic acids is 2. The molecule has 0 fully saturated rings. The third-order valence-electron chi connectivity index (χ3n) is 4.61. The molecule has 0 radical (unpaired) electrons. The van der Waals surface area contributed by atoms with Gasteiger partial charge >= 0.3 is 5.97 Å². The van der Waals surface area contributed by atoms with Crippen LogP contribution < -0.4 is 5.32 Å². The van der Waals surface area contributed by atoms with Gasteiger partial charge in [0.05, 0.1) is 18.4 Å². The van der Waals surface area contributed by atoms with Crippen molar-refractivity contribution in [2.45, 2.75) is 12.3 Å². The maximum Gasteiger partial charge on any atom is 0.337 e. The number of rotatable bonds is 3. The molecule has 0 aliphatic carbocycles. The van der Waals surface area contributed by atoms with E-state index in [1.165, 1.54) is 19.2 Å². The highest BCUT2D eigenvalue weighted by molar-refractivity contribution is 5.94. The standard InChI is InChI=1S/C20H16FN3O3/c1-27-20(26)13-4-2-12(3-5-13)16-10-17(25)23-19-18(16)22-11-24(19)15-8-6-14(21)7-9-15/h2-9,11,16H,10H2,1H3,(H,23,25)/t16-/m0/s1. The number of halogens is 1. The lowest BCUT2D eigenvalue weighted by Crippen LogP contribution is -2.25. The Hall–Kier alpha value is -3.48. The van der Waals surface area contributed by atoms with Gasteiger partial charge < -0.3 is 10.1 Å². The van der Waals surface area contributed by atoms with Crippen molar-refractivity contribution in [3.63, 3.8) is 0 Å². The van der Waals surface area contributed by atoms with Crippen LogP contribution in [0, 0.1) is 5.82 Å². The van der Waals surface area contributed by atoms with Gasteiger partial charge in [-0.25, -0.2) is 14.2 Å². The summed E-state index contributed by atoms with van der Waals surface area (Å²) >= 11 is 0. The van der Waals surface area contributed by atoms with E-state index in [2.05, 4.69) is 10.3 Å². The van der Waals surface area contributed by atoms with E-state index < -0.39 is 5.97 Å². The summed E-state index contributed by atoms with van der Waals surface area (Å²) in [4.78, 5) is 28.4. The van der Waals surface area contributed by atoms with E-state index in [0.29, 0.717) is 17.1 Å². The Labute approximate surface area is 154 Å². The van der Waals surface area contributed by atoms with E-state index in [1.807, 2.05) is 0 Å². The van der Waals surface area contributed by atoms with Crippen LogP contribution in [0.3, 0.4) is 0 Å². The fraction of sp³-hybridized carbons (Fsp3) is 0.150. The second kappa shape index (κ2) is 6.68. The first-order chi connectivity index (χ1) is 13.1. The number of methoxy groups -OCH3 is 1. The smallest absolute Gasteiger partial charge is 0.337 e. The molecule has 6 nitrogen and oxygen atoms in total. The molecule has 2 aromatic carbocycles. The van der Waals surface area contributed by atoms with Crippen molar-refractivity contribution >= 4 is 17.7 Å². The third-order valence-corrected chi connectivity index (χ3v) is 4.61. The minimum atomic E-state index is -0.413. The lowest BCUT2D eigenvalue weighted by atomic mass is 9.89. The van der Waals surface area contributed by atoms with Crippen LogP contribution in [-0.2, 0) is 9.53 Å². The van der Waals surface area contributed by atoms with Crippen LogP contribution in [0.5, 0.6) is 0 Å². The Morgan fingerprint density at radius 1 is 1.19 bits per heavy atom. The number of carbonyl (C=O) groups is 2. The molecule has 3 aromatic rings. The molecule has 0 saturated heterocycles. The summed E-state index contributed by atoms with van der Waals surface area (Å²) in [5.41, 5.74) is 2.75. The Kier molecular flexibility index (Phi) is 4.19. The van der Waals surface area contributed by atoms with Gasteiger partial charge in [0.1, 0.15) is 18.0 Å². The van der Waals surface area contributed by atoms with Gasteiger partial charge in [-0.1, -0.05) is 12.1 Å². The number of ether oxygens (including phenoxy) is 1. The zero-order valence-electron chi connectivity index (χ0n) is 14.5. The number of nitrogens with zero attached hydrogens (tertiary/aromatic N) is 2. The van der Waals surface area contributed by atoms with Crippen LogP contribution in [0.4, 0.5) is 10.2 Å². The van der Waals surface area contributed by atoms with E-state index in [9.17, 15) is 14.0 Å². The number of hydrogen-bond donors (Lipinski definition) is 1. The van der Waals surface area contributed by atoms with Crippen molar-refractivity contribution in [3.05, 3.63) is 77.5 Å². The number of imidazole rings is 1. The SMILES string of the molecule is COC(=O)c1ccc([C@@H]2CC(=O)Nc3c2ncn3-c2ccc(F)cc2)cc1. The normalized spacial score (nSPS) is 15.8. The predicted octanol–water partition coefficient (Wildman–Crippen LogP) is 3.27. The number of fused-ring (bicyclic) bond motifs is 1. The number of aromatic nitrogens is 2. The molecule has 4 rings (SSSR count). The van der Waals surface area contributed by atoms with E-state index in [4.69, 9.17) is 4.74 Å². The minimum absolute atomic E-state index is 0.131. The fourth-order valence-corrected chi connectivity index (χ4v) is 3.25. The molecule has 1 aliphatic rings. The van der Waals surface area contributed by atoms with Crippen molar-refractivity contribution in [2.75, 3.05) is 12.4 Å². The van der Waals surface area contributed by atoms with E-state index >= 15 is 0 Å². The topological polar surface area (TPSA) is 73.2 Å². The molecule has 27 heavy (non-hydrogen) atoms. The molecular formula is C20H16FN3O3. The van der Waals surface area contributed by atoms with Crippen LogP contribution in [-0.4, -0.2) is 28.5 Å². The number of benzene rings is 2. The predicted molar refractivity (Wildman–Crippen MR) is 96.4 cm³/mol. The molecule has 2 heterocycles. The van der Waals surface area contributed by atoms with Gasteiger partial charge in [0, 0.05) is 18.0 Å². The maximum atomic E-state index is 13.2. The third kappa shape index (κ3) is 3.08. The molecule has 1 atom stereocenters. The monoisotopic (exact) mass is 365 g/mol. The van der Waals surface area contributed by atoms with Crippen LogP contribution in [0.1, 0.15) is 34.0 Å². The van der Waals surface area contributed by atoms with Gasteiger partial charge in [0.2, 0.25) is 5.91 Å². The van der Waals surface area contributed by atoms with Gasteiger partial charge in [0.25, 0.3) is 0 Å². The highest BCUT2D eigenvalue weighted by atomic mass is 19.1. The fourth-order valence-electron chi connectivity index (χ4n) is 3.25. The van der Waals surface area contributed by atoms with Gasteiger partial charge in [-0.05, 0) is 42.0 Å². The van der Waals surface area contributed by atoms with Crippen molar-refractivity contribution in [1.29, 1.82) is 0 Å². The molecule has 7 heteroatoms. The highest BCUT2D eigenvalue weighted by Crippen LogP contribution is 2.37. The van der Waals surface area contributed by atoms with Gasteiger partial charge in [-0.3, -0.25) is 9.36 Å². The Morgan fingerprint density at radius 3 is 2.56 bits per heavy atom. The molecule has 136 valence electrons. The average Bonchev–Trinajstić information content (AvgIpc) is 3.11. The zero-order valence-corrected chi connectivity index (χ0v) is 14.5. The van der Waals surface area contributed by atoms with Gasteiger partial charge in [0.15, 0.2) is 0 Å². The van der Waals surface area contributed by atoms with Crippen molar-refractivity contribution in [1.82, 2.24) is 9.55 Å². The van der Waals surface area contributed by atoms with E-state index in [-0.39, 0.29) is 24.1 Å². The second-order valence-corrected chi connectivity index (χ2v) is 6.24. The maximum absolute atomic E-state index is 13.2. The summed E-state index contributed by atoms with van der Waals surface area (Å²) in [6, 6.07) is 12.9. The first kappa shape index (κ1) is 17.0. The molecule has 1 amide bonds. The highest BCUT2D eigenvalue weighted by Gasteiger charge is 2.31. The molecule has 0 bridgehead atoms. The summed E-state index contributed by atoms with van der Waals surface area (Å²) in [5, 5.41) is 2.85. The van der Waals surface area contributed by atoms with Crippen molar-refractivity contribution in [3.8, 4) is 5.69 Å². The number of nitrogens with one attached hydrogen (secondary N) is 1. The number of amides is 1. The number of esters is 1. The largest absolute Gasteiger partial charge is 0.465 e. The van der Waals surface area contributed by atoms with Crippen LogP contribution in [0.15, 0.2) is 54.9 Å². The first-order valence-corrected chi connectivity index (χ1v) is 8.38. The lowest BCUT2D eigenvalue weighted by Gasteiger charge is -2.23.